The van der Waals surface area contributed by atoms with Gasteiger partial charge in [-0.1, -0.05) is 24.3 Å². The molecular formula is C16H15N3O. The Bertz CT molecular complexity index is 625. The maximum absolute atomic E-state index is 10.6. The van der Waals surface area contributed by atoms with Crippen molar-refractivity contribution in [1.82, 2.24) is 14.9 Å². The van der Waals surface area contributed by atoms with Crippen LogP contribution in [-0.4, -0.2) is 27.7 Å². The maximum atomic E-state index is 10.6. The van der Waals surface area contributed by atoms with E-state index in [0.717, 1.165) is 24.8 Å². The van der Waals surface area contributed by atoms with Gasteiger partial charge in [-0.05, 0) is 23.6 Å². The number of benzene rings is 1. The Kier molecular flexibility index (Phi) is 3.54. The summed E-state index contributed by atoms with van der Waals surface area (Å²) in [6.07, 6.45) is 10.4. The van der Waals surface area contributed by atoms with Crippen LogP contribution in [0.2, 0.25) is 0 Å². The zero-order valence-corrected chi connectivity index (χ0v) is 11.0. The molecule has 100 valence electrons. The summed E-state index contributed by atoms with van der Waals surface area (Å²) in [5, 5.41) is 0. The topological polar surface area (TPSA) is 46.1 Å². The first kappa shape index (κ1) is 12.5. The zero-order valence-electron chi connectivity index (χ0n) is 11.0. The van der Waals surface area contributed by atoms with Crippen molar-refractivity contribution >= 4 is 6.29 Å². The van der Waals surface area contributed by atoms with Gasteiger partial charge in [0.2, 0.25) is 0 Å². The molecule has 1 aliphatic heterocycles. The lowest BCUT2D eigenvalue weighted by atomic mass is 9.89. The van der Waals surface area contributed by atoms with Crippen molar-refractivity contribution in [1.29, 1.82) is 0 Å². The van der Waals surface area contributed by atoms with E-state index in [1.165, 1.54) is 23.5 Å². The van der Waals surface area contributed by atoms with E-state index in [2.05, 4.69) is 33.1 Å². The molecule has 0 radical (unpaired) electrons. The van der Waals surface area contributed by atoms with Crippen molar-refractivity contribution < 1.29 is 4.79 Å². The van der Waals surface area contributed by atoms with Gasteiger partial charge in [-0.15, -0.1) is 0 Å². The van der Waals surface area contributed by atoms with E-state index in [1.54, 1.807) is 0 Å². The van der Waals surface area contributed by atoms with Crippen molar-refractivity contribution in [3.63, 3.8) is 0 Å². The molecule has 3 rings (SSSR count). The molecule has 1 aliphatic rings. The SMILES string of the molecule is O=CC=CN1CCc2ccccc2C1c1cncnc1. The van der Waals surface area contributed by atoms with Crippen LogP contribution in [0.25, 0.3) is 0 Å². The molecule has 0 N–H and O–H groups in total. The van der Waals surface area contributed by atoms with Crippen molar-refractivity contribution in [3.8, 4) is 0 Å². The molecule has 0 bridgehead atoms. The Balaban J connectivity index is 2.07. The van der Waals surface area contributed by atoms with Gasteiger partial charge in [-0.2, -0.15) is 0 Å². The summed E-state index contributed by atoms with van der Waals surface area (Å²) in [6.45, 7) is 0.876. The van der Waals surface area contributed by atoms with E-state index in [-0.39, 0.29) is 6.04 Å². The van der Waals surface area contributed by atoms with Crippen LogP contribution >= 0.6 is 0 Å². The van der Waals surface area contributed by atoms with Crippen LogP contribution in [0.4, 0.5) is 0 Å². The Morgan fingerprint density at radius 3 is 2.80 bits per heavy atom. The van der Waals surface area contributed by atoms with Crippen molar-refractivity contribution in [2.45, 2.75) is 12.5 Å². The monoisotopic (exact) mass is 265 g/mol. The molecule has 0 aliphatic carbocycles. The number of hydrogen-bond acceptors (Lipinski definition) is 4. The van der Waals surface area contributed by atoms with Crippen LogP contribution < -0.4 is 0 Å². The summed E-state index contributed by atoms with van der Waals surface area (Å²) < 4.78 is 0. The number of rotatable bonds is 3. The quantitative estimate of drug-likeness (QED) is 0.630. The van der Waals surface area contributed by atoms with Crippen LogP contribution in [0.5, 0.6) is 0 Å². The minimum absolute atomic E-state index is 0.0670. The van der Waals surface area contributed by atoms with Crippen LogP contribution in [-0.2, 0) is 11.2 Å². The van der Waals surface area contributed by atoms with Gasteiger partial charge in [0.1, 0.15) is 12.6 Å². The normalized spacial score (nSPS) is 18.0. The molecular weight excluding hydrogens is 250 g/mol. The van der Waals surface area contributed by atoms with Crippen molar-refractivity contribution in [3.05, 3.63) is 72.0 Å². The van der Waals surface area contributed by atoms with Gasteiger partial charge in [0.15, 0.2) is 0 Å². The molecule has 1 aromatic heterocycles. The van der Waals surface area contributed by atoms with Crippen LogP contribution in [0.1, 0.15) is 22.7 Å². The van der Waals surface area contributed by atoms with Gasteiger partial charge < -0.3 is 4.90 Å². The molecule has 2 heterocycles. The van der Waals surface area contributed by atoms with Gasteiger partial charge in [0.25, 0.3) is 0 Å². The predicted octanol–water partition coefficient (Wildman–Crippen LogP) is 2.14. The number of hydrogen-bond donors (Lipinski definition) is 0. The van der Waals surface area contributed by atoms with E-state index in [0.29, 0.717) is 0 Å². The standard InChI is InChI=1S/C16H15N3O/c20-9-3-7-19-8-6-13-4-1-2-5-15(13)16(19)14-10-17-12-18-11-14/h1-5,7,9-12,16H,6,8H2. The Hall–Kier alpha value is -2.49. The number of carbonyl (C=O) groups is 1. The lowest BCUT2D eigenvalue weighted by Gasteiger charge is -2.36. The highest BCUT2D eigenvalue weighted by atomic mass is 16.1. The van der Waals surface area contributed by atoms with Crippen LogP contribution in [0.15, 0.2) is 55.3 Å². The van der Waals surface area contributed by atoms with Gasteiger partial charge in [-0.25, -0.2) is 9.97 Å². The molecule has 2 aromatic rings. The summed E-state index contributed by atoms with van der Waals surface area (Å²) in [6, 6.07) is 8.47. The highest BCUT2D eigenvalue weighted by molar-refractivity contribution is 5.64. The lowest BCUT2D eigenvalue weighted by molar-refractivity contribution is -0.104. The van der Waals surface area contributed by atoms with Crippen molar-refractivity contribution in [2.24, 2.45) is 0 Å². The Labute approximate surface area is 117 Å². The first-order valence-corrected chi connectivity index (χ1v) is 6.60. The summed E-state index contributed by atoms with van der Waals surface area (Å²) in [5.41, 5.74) is 3.64. The minimum Gasteiger partial charge on any atom is -0.366 e. The van der Waals surface area contributed by atoms with E-state index < -0.39 is 0 Å². The number of aldehydes is 1. The third-order valence-electron chi connectivity index (χ3n) is 3.57. The van der Waals surface area contributed by atoms with Gasteiger partial charge >= 0.3 is 0 Å². The smallest absolute Gasteiger partial charge is 0.144 e. The van der Waals surface area contributed by atoms with E-state index in [4.69, 9.17) is 0 Å². The number of nitrogens with zero attached hydrogens (tertiary/aromatic N) is 3. The largest absolute Gasteiger partial charge is 0.366 e. The molecule has 0 saturated heterocycles. The summed E-state index contributed by atoms with van der Waals surface area (Å²) >= 11 is 0. The Morgan fingerprint density at radius 2 is 2.00 bits per heavy atom. The first-order chi connectivity index (χ1) is 9.90. The van der Waals surface area contributed by atoms with E-state index >= 15 is 0 Å². The van der Waals surface area contributed by atoms with Crippen molar-refractivity contribution in [2.75, 3.05) is 6.54 Å². The molecule has 20 heavy (non-hydrogen) atoms. The fourth-order valence-corrected chi connectivity index (χ4v) is 2.72. The van der Waals surface area contributed by atoms with Gasteiger partial charge in [-0.3, -0.25) is 4.79 Å². The summed E-state index contributed by atoms with van der Waals surface area (Å²) in [5.74, 6) is 0. The highest BCUT2D eigenvalue weighted by Gasteiger charge is 2.26. The highest BCUT2D eigenvalue weighted by Crippen LogP contribution is 2.34. The van der Waals surface area contributed by atoms with E-state index in [9.17, 15) is 4.79 Å². The summed E-state index contributed by atoms with van der Waals surface area (Å²) in [7, 11) is 0. The zero-order chi connectivity index (χ0) is 13.8. The Morgan fingerprint density at radius 1 is 1.20 bits per heavy atom. The minimum atomic E-state index is 0.0670. The molecule has 1 aromatic carbocycles. The van der Waals surface area contributed by atoms with Crippen LogP contribution in [0.3, 0.4) is 0 Å². The molecule has 0 fully saturated rings. The second kappa shape index (κ2) is 5.65. The third-order valence-corrected chi connectivity index (χ3v) is 3.57. The fourth-order valence-electron chi connectivity index (χ4n) is 2.72. The molecule has 0 saturated carbocycles. The average Bonchev–Trinajstić information content (AvgIpc) is 2.53. The molecule has 1 atom stereocenters. The number of fused-ring (bicyclic) bond motifs is 1. The molecule has 0 spiro atoms. The number of aromatic nitrogens is 2. The first-order valence-electron chi connectivity index (χ1n) is 6.60. The lowest BCUT2D eigenvalue weighted by Crippen LogP contribution is -2.32. The number of allylic oxidation sites excluding steroid dienone is 1. The number of carbonyl (C=O) groups excluding carboxylic acids is 1. The maximum Gasteiger partial charge on any atom is 0.144 e. The van der Waals surface area contributed by atoms with Gasteiger partial charge in [0, 0.05) is 30.7 Å². The second-order valence-corrected chi connectivity index (χ2v) is 4.74. The molecule has 4 nitrogen and oxygen atoms in total. The van der Waals surface area contributed by atoms with Gasteiger partial charge in [0.05, 0.1) is 6.04 Å². The average molecular weight is 265 g/mol. The molecule has 0 amide bonds. The van der Waals surface area contributed by atoms with Crippen LogP contribution in [0, 0.1) is 0 Å². The second-order valence-electron chi connectivity index (χ2n) is 4.74. The predicted molar refractivity (Wildman–Crippen MR) is 75.9 cm³/mol. The fraction of sp³-hybridized carbons (Fsp3) is 0.188. The summed E-state index contributed by atoms with van der Waals surface area (Å²) in [4.78, 5) is 21.0. The van der Waals surface area contributed by atoms with E-state index in [1.807, 2.05) is 24.7 Å². The molecule has 1 unspecified atom stereocenters. The molecule has 4 heteroatoms. The third kappa shape index (κ3) is 2.32.